The molecule has 5 N–H and O–H groups in total. The molecule has 1 fully saturated rings. The number of nitrogens with two attached hydrogens (primary N) is 1. The molecule has 1 aliphatic rings. The highest BCUT2D eigenvalue weighted by Gasteiger charge is 2.24. The van der Waals surface area contributed by atoms with E-state index in [1.165, 1.54) is 18.2 Å². The van der Waals surface area contributed by atoms with Crippen LogP contribution < -0.4 is 11.1 Å². The topological polar surface area (TPSA) is 166 Å². The second kappa shape index (κ2) is 10.2. The summed E-state index contributed by atoms with van der Waals surface area (Å²) in [4.78, 5) is 51.3. The summed E-state index contributed by atoms with van der Waals surface area (Å²) in [5.74, 6) is -2.84. The van der Waals surface area contributed by atoms with Crippen LogP contribution >= 0.6 is 0 Å². The Labute approximate surface area is 186 Å². The van der Waals surface area contributed by atoms with Crippen LogP contribution in [0.25, 0.3) is 0 Å². The van der Waals surface area contributed by atoms with E-state index < -0.39 is 29.3 Å². The van der Waals surface area contributed by atoms with Gasteiger partial charge in [-0.1, -0.05) is 0 Å². The second-order valence-electron chi connectivity index (χ2n) is 8.41. The van der Waals surface area contributed by atoms with E-state index in [1.54, 1.807) is 30.6 Å². The zero-order valence-electron chi connectivity index (χ0n) is 18.4. The van der Waals surface area contributed by atoms with Crippen molar-refractivity contribution in [2.24, 2.45) is 5.73 Å². The third-order valence-electron chi connectivity index (χ3n) is 4.67. The monoisotopic (exact) mass is 447 g/mol. The maximum atomic E-state index is 12.6. The van der Waals surface area contributed by atoms with Crippen LogP contribution in [-0.4, -0.2) is 89.4 Å². The van der Waals surface area contributed by atoms with E-state index in [1.807, 2.05) is 0 Å². The Kier molecular flexibility index (Phi) is 7.92. The number of piperazine rings is 1. The molecule has 2 amide bonds. The van der Waals surface area contributed by atoms with Gasteiger partial charge in [0, 0.05) is 31.7 Å². The number of hydrogen-bond donors (Lipinski definition) is 4. The standard InChI is InChI=1S/C21H29N5O6/c1-21(2,3)32-20(31)13-4-5-14(15(10-13)18(22)23)19(30)24-11-16(27)26-8-6-25(7-9-26)12-17(28)29/h4-5,10H,6-9,11-12H2,1-3H3,(H3,22,23)(H,24,30)(H,28,29). The summed E-state index contributed by atoms with van der Waals surface area (Å²) in [7, 11) is 0. The van der Waals surface area contributed by atoms with Gasteiger partial charge < -0.3 is 25.8 Å². The molecule has 0 aliphatic carbocycles. The van der Waals surface area contributed by atoms with Gasteiger partial charge in [-0.15, -0.1) is 0 Å². The number of ether oxygens (including phenoxy) is 1. The Hall–Kier alpha value is -3.47. The summed E-state index contributed by atoms with van der Waals surface area (Å²) in [6, 6.07) is 4.08. The first-order chi connectivity index (χ1) is 14.9. The summed E-state index contributed by atoms with van der Waals surface area (Å²) in [5.41, 5.74) is 5.16. The number of nitrogens with one attached hydrogen (secondary N) is 2. The molecule has 11 nitrogen and oxygen atoms in total. The number of carboxylic acid groups (broad SMARTS) is 1. The molecule has 0 radical (unpaired) electrons. The van der Waals surface area contributed by atoms with E-state index >= 15 is 0 Å². The smallest absolute Gasteiger partial charge is 0.338 e. The molecule has 0 spiro atoms. The second-order valence-corrected chi connectivity index (χ2v) is 8.41. The van der Waals surface area contributed by atoms with Crippen molar-refractivity contribution >= 4 is 29.6 Å². The minimum absolute atomic E-state index is 0.0561. The molecular formula is C21H29N5O6. The van der Waals surface area contributed by atoms with Crippen molar-refractivity contribution in [3.05, 3.63) is 34.9 Å². The zero-order chi connectivity index (χ0) is 24.1. The summed E-state index contributed by atoms with van der Waals surface area (Å²) in [6.07, 6.45) is 0. The van der Waals surface area contributed by atoms with Gasteiger partial charge in [0.2, 0.25) is 5.91 Å². The molecule has 32 heavy (non-hydrogen) atoms. The van der Waals surface area contributed by atoms with Gasteiger partial charge in [-0.25, -0.2) is 4.79 Å². The van der Waals surface area contributed by atoms with Crippen LogP contribution in [0.3, 0.4) is 0 Å². The molecule has 11 heteroatoms. The van der Waals surface area contributed by atoms with Crippen molar-refractivity contribution in [2.45, 2.75) is 26.4 Å². The van der Waals surface area contributed by atoms with Gasteiger partial charge in [-0.3, -0.25) is 24.7 Å². The number of carboxylic acids is 1. The van der Waals surface area contributed by atoms with E-state index in [4.69, 9.17) is 21.0 Å². The van der Waals surface area contributed by atoms with Gasteiger partial charge in [0.05, 0.1) is 24.2 Å². The highest BCUT2D eigenvalue weighted by atomic mass is 16.6. The van der Waals surface area contributed by atoms with Crippen LogP contribution in [0.2, 0.25) is 0 Å². The molecule has 1 heterocycles. The highest BCUT2D eigenvalue weighted by Crippen LogP contribution is 2.16. The lowest BCUT2D eigenvalue weighted by Gasteiger charge is -2.33. The van der Waals surface area contributed by atoms with Crippen molar-refractivity contribution in [3.63, 3.8) is 0 Å². The zero-order valence-corrected chi connectivity index (χ0v) is 18.4. The van der Waals surface area contributed by atoms with Crippen molar-refractivity contribution in [3.8, 4) is 0 Å². The van der Waals surface area contributed by atoms with Gasteiger partial charge in [0.15, 0.2) is 0 Å². The van der Waals surface area contributed by atoms with Gasteiger partial charge in [0.1, 0.15) is 11.4 Å². The van der Waals surface area contributed by atoms with Crippen LogP contribution in [0.4, 0.5) is 0 Å². The Morgan fingerprint density at radius 2 is 1.75 bits per heavy atom. The Balaban J connectivity index is 2.00. The van der Waals surface area contributed by atoms with Crippen molar-refractivity contribution in [1.82, 2.24) is 15.1 Å². The lowest BCUT2D eigenvalue weighted by molar-refractivity contribution is -0.139. The van der Waals surface area contributed by atoms with E-state index in [9.17, 15) is 19.2 Å². The average Bonchev–Trinajstić information content (AvgIpc) is 2.70. The normalized spacial score (nSPS) is 14.5. The fourth-order valence-electron chi connectivity index (χ4n) is 3.14. The first-order valence-corrected chi connectivity index (χ1v) is 10.1. The number of aliphatic carboxylic acids is 1. The molecule has 0 atom stereocenters. The number of nitrogen functional groups attached to an aromatic ring is 1. The molecule has 0 unspecified atom stereocenters. The first kappa shape index (κ1) is 24.8. The van der Waals surface area contributed by atoms with E-state index in [2.05, 4.69) is 5.32 Å². The maximum absolute atomic E-state index is 12.6. The van der Waals surface area contributed by atoms with Gasteiger partial charge in [0.25, 0.3) is 5.91 Å². The third kappa shape index (κ3) is 7.05. The molecule has 1 aromatic rings. The minimum Gasteiger partial charge on any atom is -0.480 e. The number of nitrogens with zero attached hydrogens (tertiary/aromatic N) is 2. The van der Waals surface area contributed by atoms with Crippen LogP contribution in [-0.2, 0) is 14.3 Å². The van der Waals surface area contributed by atoms with E-state index in [0.29, 0.717) is 26.2 Å². The number of carbonyl (C=O) groups is 4. The largest absolute Gasteiger partial charge is 0.480 e. The summed E-state index contributed by atoms with van der Waals surface area (Å²) < 4.78 is 5.30. The molecule has 2 rings (SSSR count). The highest BCUT2D eigenvalue weighted by molar-refractivity contribution is 6.09. The van der Waals surface area contributed by atoms with Crippen molar-refractivity contribution in [2.75, 3.05) is 39.3 Å². The SMILES string of the molecule is CC(C)(C)OC(=O)c1ccc(C(=O)NCC(=O)N2CCN(CC(=O)O)CC2)c(C(=N)N)c1. The molecular weight excluding hydrogens is 418 g/mol. The summed E-state index contributed by atoms with van der Waals surface area (Å²) in [5, 5.41) is 19.1. The Morgan fingerprint density at radius 3 is 2.28 bits per heavy atom. The Bertz CT molecular complexity index is 916. The predicted molar refractivity (Wildman–Crippen MR) is 116 cm³/mol. The number of hydrogen-bond acceptors (Lipinski definition) is 7. The molecule has 0 aromatic heterocycles. The van der Waals surface area contributed by atoms with Crippen LogP contribution in [0, 0.1) is 5.41 Å². The minimum atomic E-state index is -0.920. The molecule has 1 aromatic carbocycles. The number of esters is 1. The van der Waals surface area contributed by atoms with Gasteiger partial charge >= 0.3 is 11.9 Å². The number of carbonyl (C=O) groups excluding carboxylic acids is 3. The fourth-order valence-corrected chi connectivity index (χ4v) is 3.14. The molecule has 0 saturated carbocycles. The van der Waals surface area contributed by atoms with E-state index in [-0.39, 0.29) is 35.7 Å². The van der Waals surface area contributed by atoms with Crippen molar-refractivity contribution in [1.29, 1.82) is 5.41 Å². The van der Waals surface area contributed by atoms with Crippen LogP contribution in [0.1, 0.15) is 47.1 Å². The average molecular weight is 447 g/mol. The Morgan fingerprint density at radius 1 is 1.12 bits per heavy atom. The lowest BCUT2D eigenvalue weighted by atomic mass is 10.0. The molecule has 1 saturated heterocycles. The van der Waals surface area contributed by atoms with Crippen molar-refractivity contribution < 1.29 is 29.0 Å². The quantitative estimate of drug-likeness (QED) is 0.255. The maximum Gasteiger partial charge on any atom is 0.338 e. The predicted octanol–water partition coefficient (Wildman–Crippen LogP) is -0.115. The van der Waals surface area contributed by atoms with Gasteiger partial charge in [-0.2, -0.15) is 0 Å². The summed E-state index contributed by atoms with van der Waals surface area (Å²) >= 11 is 0. The van der Waals surface area contributed by atoms with E-state index in [0.717, 1.165) is 0 Å². The molecule has 174 valence electrons. The number of amides is 2. The molecule has 0 bridgehead atoms. The van der Waals surface area contributed by atoms with Crippen LogP contribution in [0.5, 0.6) is 0 Å². The van der Waals surface area contributed by atoms with Crippen LogP contribution in [0.15, 0.2) is 18.2 Å². The molecule has 1 aliphatic heterocycles. The number of benzene rings is 1. The third-order valence-corrected chi connectivity index (χ3v) is 4.67. The first-order valence-electron chi connectivity index (χ1n) is 10.1. The number of rotatable bonds is 7. The van der Waals surface area contributed by atoms with Gasteiger partial charge in [-0.05, 0) is 39.0 Å². The summed E-state index contributed by atoms with van der Waals surface area (Å²) in [6.45, 7) is 6.44. The fraction of sp³-hybridized carbons (Fsp3) is 0.476. The lowest BCUT2D eigenvalue weighted by Crippen LogP contribution is -2.52. The number of amidine groups is 1.